The van der Waals surface area contributed by atoms with Gasteiger partial charge < -0.3 is 19.4 Å². The molecule has 6 nitrogen and oxygen atoms in total. The van der Waals surface area contributed by atoms with Crippen molar-refractivity contribution >= 4 is 45.8 Å². The van der Waals surface area contributed by atoms with Crippen LogP contribution in [0.25, 0.3) is 11.0 Å². The fourth-order valence-corrected chi connectivity index (χ4v) is 3.61. The van der Waals surface area contributed by atoms with E-state index in [2.05, 4.69) is 10.2 Å². The topological polar surface area (TPSA) is 71.8 Å². The normalized spacial score (nSPS) is 13.7. The molecule has 1 amide bonds. The molecule has 1 aliphatic heterocycles. The summed E-state index contributed by atoms with van der Waals surface area (Å²) in [6.07, 6.45) is 2.19. The Hall–Kier alpha value is -2.99. The molecular weight excluding hydrogens is 380 g/mol. The molecule has 0 radical (unpaired) electrons. The molecular formula is C21H19ClN2O4. The summed E-state index contributed by atoms with van der Waals surface area (Å²) in [5.74, 6) is -0.676. The second kappa shape index (κ2) is 7.56. The van der Waals surface area contributed by atoms with Crippen LogP contribution >= 0.6 is 11.6 Å². The largest absolute Gasteiger partial charge is 0.465 e. The van der Waals surface area contributed by atoms with E-state index in [4.69, 9.17) is 20.8 Å². The van der Waals surface area contributed by atoms with Crippen LogP contribution in [0, 0.1) is 0 Å². The van der Waals surface area contributed by atoms with Gasteiger partial charge in [0.05, 0.1) is 24.0 Å². The summed E-state index contributed by atoms with van der Waals surface area (Å²) in [6.45, 7) is 1.81. The lowest BCUT2D eigenvalue weighted by molar-refractivity contribution is 0.0600. The van der Waals surface area contributed by atoms with E-state index in [1.165, 1.54) is 7.11 Å². The molecule has 0 bridgehead atoms. The Bertz CT molecular complexity index is 1050. The third kappa shape index (κ3) is 3.55. The van der Waals surface area contributed by atoms with Crippen LogP contribution in [0.3, 0.4) is 0 Å². The fraction of sp³-hybridized carbons (Fsp3) is 0.238. The molecule has 4 rings (SSSR count). The van der Waals surface area contributed by atoms with Gasteiger partial charge in [-0.2, -0.15) is 0 Å². The number of furan rings is 1. The van der Waals surface area contributed by atoms with Gasteiger partial charge in [-0.1, -0.05) is 11.6 Å². The van der Waals surface area contributed by atoms with Crippen molar-refractivity contribution < 1.29 is 18.7 Å². The number of hydrogen-bond donors (Lipinski definition) is 1. The molecule has 1 fully saturated rings. The number of nitrogens with one attached hydrogen (secondary N) is 1. The first-order valence-electron chi connectivity index (χ1n) is 9.03. The van der Waals surface area contributed by atoms with E-state index in [0.717, 1.165) is 37.0 Å². The van der Waals surface area contributed by atoms with E-state index in [1.54, 1.807) is 36.4 Å². The van der Waals surface area contributed by atoms with Crippen LogP contribution in [0.2, 0.25) is 5.02 Å². The van der Waals surface area contributed by atoms with Crippen LogP contribution in [0.4, 0.5) is 11.4 Å². The van der Waals surface area contributed by atoms with Crippen LogP contribution in [0.5, 0.6) is 0 Å². The molecule has 0 atom stereocenters. The summed E-state index contributed by atoms with van der Waals surface area (Å²) in [5, 5.41) is 4.21. The smallest absolute Gasteiger partial charge is 0.337 e. The summed E-state index contributed by atoms with van der Waals surface area (Å²) < 4.78 is 10.4. The quantitative estimate of drug-likeness (QED) is 0.643. The van der Waals surface area contributed by atoms with Gasteiger partial charge in [0, 0.05) is 23.5 Å². The number of methoxy groups -OCH3 is 1. The molecule has 1 N–H and O–H groups in total. The Morgan fingerprint density at radius 1 is 1.11 bits per heavy atom. The number of carbonyl (C=O) groups excluding carboxylic acids is 2. The Morgan fingerprint density at radius 3 is 2.64 bits per heavy atom. The van der Waals surface area contributed by atoms with Gasteiger partial charge in [0.15, 0.2) is 5.76 Å². The molecule has 144 valence electrons. The van der Waals surface area contributed by atoms with Crippen molar-refractivity contribution in [1.82, 2.24) is 0 Å². The molecule has 0 unspecified atom stereocenters. The third-order valence-corrected chi connectivity index (χ3v) is 5.05. The van der Waals surface area contributed by atoms with Crippen molar-refractivity contribution in [3.63, 3.8) is 0 Å². The first kappa shape index (κ1) is 18.4. The van der Waals surface area contributed by atoms with Gasteiger partial charge in [0.2, 0.25) is 0 Å². The average molecular weight is 399 g/mol. The molecule has 7 heteroatoms. The Morgan fingerprint density at radius 2 is 1.89 bits per heavy atom. The van der Waals surface area contributed by atoms with Crippen LogP contribution in [0.15, 0.2) is 46.9 Å². The van der Waals surface area contributed by atoms with Crippen molar-refractivity contribution in [2.45, 2.75) is 12.8 Å². The number of carbonyl (C=O) groups is 2. The lowest BCUT2D eigenvalue weighted by atomic mass is 10.1. The minimum absolute atomic E-state index is 0.174. The summed E-state index contributed by atoms with van der Waals surface area (Å²) in [7, 11) is 1.33. The van der Waals surface area contributed by atoms with Gasteiger partial charge in [-0.25, -0.2) is 4.79 Å². The van der Waals surface area contributed by atoms with Gasteiger partial charge in [-0.15, -0.1) is 0 Å². The molecule has 1 aliphatic rings. The SMILES string of the molecule is COC(=O)c1ccc(N2CCCC2)c(NC(=O)c2cc3cc(Cl)ccc3o2)c1. The van der Waals surface area contributed by atoms with Crippen LogP contribution in [-0.2, 0) is 4.74 Å². The molecule has 0 spiro atoms. The van der Waals surface area contributed by atoms with Crippen molar-refractivity contribution in [1.29, 1.82) is 0 Å². The van der Waals surface area contributed by atoms with Gasteiger partial charge in [-0.3, -0.25) is 4.79 Å². The van der Waals surface area contributed by atoms with E-state index >= 15 is 0 Å². The highest BCUT2D eigenvalue weighted by Crippen LogP contribution is 2.31. The minimum atomic E-state index is -0.457. The van der Waals surface area contributed by atoms with E-state index in [0.29, 0.717) is 21.9 Å². The van der Waals surface area contributed by atoms with Gasteiger partial charge >= 0.3 is 5.97 Å². The van der Waals surface area contributed by atoms with E-state index < -0.39 is 11.9 Å². The van der Waals surface area contributed by atoms with Gasteiger partial charge in [0.1, 0.15) is 5.58 Å². The zero-order valence-corrected chi connectivity index (χ0v) is 16.1. The first-order chi connectivity index (χ1) is 13.5. The Balaban J connectivity index is 1.67. The maximum absolute atomic E-state index is 12.8. The molecule has 0 aliphatic carbocycles. The number of fused-ring (bicyclic) bond motifs is 1. The number of anilines is 2. The minimum Gasteiger partial charge on any atom is -0.465 e. The second-order valence-electron chi connectivity index (χ2n) is 6.66. The Kier molecular flexibility index (Phi) is 4.96. The van der Waals surface area contributed by atoms with Gasteiger partial charge in [-0.05, 0) is 55.3 Å². The predicted octanol–water partition coefficient (Wildman–Crippen LogP) is 4.73. The number of rotatable bonds is 4. The molecule has 1 aromatic heterocycles. The van der Waals surface area contributed by atoms with E-state index in [-0.39, 0.29) is 5.76 Å². The third-order valence-electron chi connectivity index (χ3n) is 4.81. The number of benzene rings is 2. The van der Waals surface area contributed by atoms with Crippen LogP contribution < -0.4 is 10.2 Å². The zero-order chi connectivity index (χ0) is 19.7. The van der Waals surface area contributed by atoms with Crippen LogP contribution in [-0.4, -0.2) is 32.1 Å². The molecule has 1 saturated heterocycles. The first-order valence-corrected chi connectivity index (χ1v) is 9.41. The average Bonchev–Trinajstić information content (AvgIpc) is 3.36. The number of halogens is 1. The summed E-state index contributed by atoms with van der Waals surface area (Å²) in [4.78, 5) is 26.9. The lowest BCUT2D eigenvalue weighted by Gasteiger charge is -2.22. The highest BCUT2D eigenvalue weighted by molar-refractivity contribution is 6.31. The number of ether oxygens (including phenoxy) is 1. The van der Waals surface area contributed by atoms with E-state index in [1.807, 2.05) is 6.07 Å². The fourth-order valence-electron chi connectivity index (χ4n) is 3.42. The molecule has 2 aromatic carbocycles. The second-order valence-corrected chi connectivity index (χ2v) is 7.10. The molecule has 0 saturated carbocycles. The maximum atomic E-state index is 12.8. The predicted molar refractivity (Wildman–Crippen MR) is 108 cm³/mol. The van der Waals surface area contributed by atoms with Crippen molar-refractivity contribution in [3.8, 4) is 0 Å². The van der Waals surface area contributed by atoms with Crippen molar-refractivity contribution in [3.05, 3.63) is 58.8 Å². The molecule has 28 heavy (non-hydrogen) atoms. The summed E-state index contributed by atoms with van der Waals surface area (Å²) in [5.41, 5.74) is 2.38. The number of amides is 1. The zero-order valence-electron chi connectivity index (χ0n) is 15.3. The molecule has 2 heterocycles. The van der Waals surface area contributed by atoms with Crippen LogP contribution in [0.1, 0.15) is 33.8 Å². The van der Waals surface area contributed by atoms with Crippen molar-refractivity contribution in [2.24, 2.45) is 0 Å². The summed E-state index contributed by atoms with van der Waals surface area (Å²) >= 11 is 6.00. The number of hydrogen-bond acceptors (Lipinski definition) is 5. The highest BCUT2D eigenvalue weighted by atomic mass is 35.5. The Labute approximate surface area is 167 Å². The molecule has 3 aromatic rings. The lowest BCUT2D eigenvalue weighted by Crippen LogP contribution is -2.21. The highest BCUT2D eigenvalue weighted by Gasteiger charge is 2.21. The van der Waals surface area contributed by atoms with Gasteiger partial charge in [0.25, 0.3) is 5.91 Å². The number of esters is 1. The standard InChI is InChI=1S/C21H19ClN2O4/c1-27-21(26)13-4-6-17(24-8-2-3-9-24)16(11-13)23-20(25)19-12-14-10-15(22)5-7-18(14)28-19/h4-7,10-12H,2-3,8-9H2,1H3,(H,23,25). The maximum Gasteiger partial charge on any atom is 0.337 e. The van der Waals surface area contributed by atoms with Crippen molar-refractivity contribution in [2.75, 3.05) is 30.4 Å². The van der Waals surface area contributed by atoms with E-state index in [9.17, 15) is 9.59 Å². The summed E-state index contributed by atoms with van der Waals surface area (Å²) in [6, 6.07) is 12.0. The monoisotopic (exact) mass is 398 g/mol. The number of nitrogens with zero attached hydrogens (tertiary/aromatic N) is 1.